The highest BCUT2D eigenvalue weighted by atomic mass is 127. The van der Waals surface area contributed by atoms with Crippen LogP contribution in [0.25, 0.3) is 0 Å². The number of imidazole rings is 1. The first kappa shape index (κ1) is 11.4. The molecule has 2 aromatic rings. The summed E-state index contributed by atoms with van der Waals surface area (Å²) < 4.78 is 8.93. The lowest BCUT2D eigenvalue weighted by atomic mass is 10.3. The van der Waals surface area contributed by atoms with Gasteiger partial charge in [-0.3, -0.25) is 0 Å². The first-order chi connectivity index (χ1) is 7.75. The molecule has 84 valence electrons. The molecule has 0 aliphatic carbocycles. The quantitative estimate of drug-likeness (QED) is 0.807. The SMILES string of the molecule is Cc1nccn1CCOc1cccc(I)c1. The lowest BCUT2D eigenvalue weighted by molar-refractivity contribution is 0.297. The average molecular weight is 328 g/mol. The molecule has 0 saturated heterocycles. The molecule has 0 unspecified atom stereocenters. The summed E-state index contributed by atoms with van der Waals surface area (Å²) in [5.41, 5.74) is 0. The Balaban J connectivity index is 1.87. The van der Waals surface area contributed by atoms with Gasteiger partial charge in [0, 0.05) is 16.0 Å². The van der Waals surface area contributed by atoms with Gasteiger partial charge in [-0.1, -0.05) is 6.07 Å². The van der Waals surface area contributed by atoms with Crippen molar-refractivity contribution in [1.82, 2.24) is 9.55 Å². The molecule has 16 heavy (non-hydrogen) atoms. The Bertz CT molecular complexity index is 468. The van der Waals surface area contributed by atoms with Crippen LogP contribution in [-0.4, -0.2) is 16.2 Å². The number of aryl methyl sites for hydroxylation is 1. The van der Waals surface area contributed by atoms with E-state index in [2.05, 4.69) is 32.1 Å². The van der Waals surface area contributed by atoms with Gasteiger partial charge in [0.25, 0.3) is 0 Å². The van der Waals surface area contributed by atoms with E-state index in [9.17, 15) is 0 Å². The molecular formula is C12H13IN2O. The summed E-state index contributed by atoms with van der Waals surface area (Å²) >= 11 is 2.28. The highest BCUT2D eigenvalue weighted by molar-refractivity contribution is 14.1. The van der Waals surface area contributed by atoms with Crippen molar-refractivity contribution in [2.24, 2.45) is 0 Å². The third kappa shape index (κ3) is 2.98. The van der Waals surface area contributed by atoms with Gasteiger partial charge in [-0.15, -0.1) is 0 Å². The van der Waals surface area contributed by atoms with E-state index in [1.807, 2.05) is 37.4 Å². The summed E-state index contributed by atoms with van der Waals surface area (Å²) in [6, 6.07) is 8.05. The van der Waals surface area contributed by atoms with E-state index in [4.69, 9.17) is 4.74 Å². The van der Waals surface area contributed by atoms with Gasteiger partial charge in [0.1, 0.15) is 18.2 Å². The monoisotopic (exact) mass is 328 g/mol. The molecule has 1 aromatic carbocycles. The van der Waals surface area contributed by atoms with Crippen molar-refractivity contribution in [2.75, 3.05) is 6.61 Å². The summed E-state index contributed by atoms with van der Waals surface area (Å²) in [4.78, 5) is 4.16. The van der Waals surface area contributed by atoms with Crippen molar-refractivity contribution in [1.29, 1.82) is 0 Å². The Kier molecular flexibility index (Phi) is 3.82. The molecular weight excluding hydrogens is 315 g/mol. The number of aromatic nitrogens is 2. The number of ether oxygens (including phenoxy) is 1. The largest absolute Gasteiger partial charge is 0.492 e. The standard InChI is InChI=1S/C12H13IN2O/c1-10-14-5-6-15(10)7-8-16-12-4-2-3-11(13)9-12/h2-6,9H,7-8H2,1H3. The number of halogens is 1. The fraction of sp³-hybridized carbons (Fsp3) is 0.250. The first-order valence-electron chi connectivity index (χ1n) is 5.12. The van der Waals surface area contributed by atoms with E-state index in [0.717, 1.165) is 18.1 Å². The van der Waals surface area contributed by atoms with Crippen LogP contribution < -0.4 is 4.74 Å². The van der Waals surface area contributed by atoms with Crippen molar-refractivity contribution in [2.45, 2.75) is 13.5 Å². The third-order valence-electron chi connectivity index (χ3n) is 2.32. The summed E-state index contributed by atoms with van der Waals surface area (Å²) in [7, 11) is 0. The molecule has 0 amide bonds. The predicted octanol–water partition coefficient (Wildman–Crippen LogP) is 2.88. The lowest BCUT2D eigenvalue weighted by Crippen LogP contribution is -2.08. The topological polar surface area (TPSA) is 27.1 Å². The zero-order valence-electron chi connectivity index (χ0n) is 9.06. The van der Waals surface area contributed by atoms with Crippen molar-refractivity contribution >= 4 is 22.6 Å². The highest BCUT2D eigenvalue weighted by Gasteiger charge is 1.98. The Hall–Kier alpha value is -1.04. The van der Waals surface area contributed by atoms with Gasteiger partial charge in [0.2, 0.25) is 0 Å². The van der Waals surface area contributed by atoms with Crippen LogP contribution >= 0.6 is 22.6 Å². The first-order valence-corrected chi connectivity index (χ1v) is 6.20. The zero-order valence-corrected chi connectivity index (χ0v) is 11.2. The van der Waals surface area contributed by atoms with Crippen LogP contribution in [-0.2, 0) is 6.54 Å². The van der Waals surface area contributed by atoms with E-state index in [0.29, 0.717) is 6.61 Å². The smallest absolute Gasteiger partial charge is 0.120 e. The molecule has 1 aromatic heterocycles. The van der Waals surface area contributed by atoms with Crippen molar-refractivity contribution < 1.29 is 4.74 Å². The second-order valence-corrected chi connectivity index (χ2v) is 4.72. The Morgan fingerprint density at radius 1 is 1.44 bits per heavy atom. The molecule has 4 heteroatoms. The van der Waals surface area contributed by atoms with Gasteiger partial charge in [0.15, 0.2) is 0 Å². The van der Waals surface area contributed by atoms with Gasteiger partial charge in [-0.2, -0.15) is 0 Å². The molecule has 0 aliphatic rings. The number of hydrogen-bond donors (Lipinski definition) is 0. The van der Waals surface area contributed by atoms with Crippen LogP contribution in [0.4, 0.5) is 0 Å². The molecule has 0 aliphatic heterocycles. The summed E-state index contributed by atoms with van der Waals surface area (Å²) in [5, 5.41) is 0. The van der Waals surface area contributed by atoms with Gasteiger partial charge >= 0.3 is 0 Å². The third-order valence-corrected chi connectivity index (χ3v) is 2.99. The number of nitrogens with zero attached hydrogens (tertiary/aromatic N) is 2. The van der Waals surface area contributed by atoms with Crippen molar-refractivity contribution in [3.63, 3.8) is 0 Å². The average Bonchev–Trinajstić information content (AvgIpc) is 2.65. The summed E-state index contributed by atoms with van der Waals surface area (Å²) in [6.07, 6.45) is 3.77. The van der Waals surface area contributed by atoms with Gasteiger partial charge in [-0.05, 0) is 47.7 Å². The zero-order chi connectivity index (χ0) is 11.4. The maximum atomic E-state index is 5.66. The van der Waals surface area contributed by atoms with Crippen LogP contribution in [0, 0.1) is 10.5 Å². The van der Waals surface area contributed by atoms with Gasteiger partial charge in [0.05, 0.1) is 6.54 Å². The maximum absolute atomic E-state index is 5.66. The van der Waals surface area contributed by atoms with Crippen LogP contribution in [0.15, 0.2) is 36.7 Å². The predicted molar refractivity (Wildman–Crippen MR) is 71.6 cm³/mol. The minimum atomic E-state index is 0.664. The van der Waals surface area contributed by atoms with Crippen LogP contribution in [0.2, 0.25) is 0 Å². The minimum Gasteiger partial charge on any atom is -0.492 e. The Morgan fingerprint density at radius 3 is 3.00 bits per heavy atom. The Morgan fingerprint density at radius 2 is 2.31 bits per heavy atom. The van der Waals surface area contributed by atoms with Gasteiger partial charge in [-0.25, -0.2) is 4.98 Å². The molecule has 1 heterocycles. The summed E-state index contributed by atoms with van der Waals surface area (Å²) in [6.45, 7) is 3.49. The number of hydrogen-bond acceptors (Lipinski definition) is 2. The minimum absolute atomic E-state index is 0.664. The van der Waals surface area contributed by atoms with Crippen LogP contribution in [0.5, 0.6) is 5.75 Å². The van der Waals surface area contributed by atoms with E-state index in [1.165, 1.54) is 3.57 Å². The summed E-state index contributed by atoms with van der Waals surface area (Å²) in [5.74, 6) is 1.94. The fourth-order valence-electron chi connectivity index (χ4n) is 1.46. The van der Waals surface area contributed by atoms with Crippen LogP contribution in [0.3, 0.4) is 0 Å². The molecule has 0 saturated carbocycles. The van der Waals surface area contributed by atoms with E-state index in [-0.39, 0.29) is 0 Å². The lowest BCUT2D eigenvalue weighted by Gasteiger charge is -2.08. The van der Waals surface area contributed by atoms with E-state index >= 15 is 0 Å². The van der Waals surface area contributed by atoms with E-state index < -0.39 is 0 Å². The van der Waals surface area contributed by atoms with Crippen molar-refractivity contribution in [3.8, 4) is 5.75 Å². The Labute approximate surface area is 109 Å². The molecule has 0 atom stereocenters. The highest BCUT2D eigenvalue weighted by Crippen LogP contribution is 2.14. The number of rotatable bonds is 4. The molecule has 0 bridgehead atoms. The number of benzene rings is 1. The van der Waals surface area contributed by atoms with Crippen molar-refractivity contribution in [3.05, 3.63) is 46.1 Å². The molecule has 2 rings (SSSR count). The molecule has 0 radical (unpaired) electrons. The van der Waals surface area contributed by atoms with E-state index in [1.54, 1.807) is 6.20 Å². The molecule has 0 spiro atoms. The molecule has 3 nitrogen and oxygen atoms in total. The van der Waals surface area contributed by atoms with Gasteiger partial charge < -0.3 is 9.30 Å². The maximum Gasteiger partial charge on any atom is 0.120 e. The second kappa shape index (κ2) is 5.34. The second-order valence-electron chi connectivity index (χ2n) is 3.47. The molecule has 0 N–H and O–H groups in total. The normalized spacial score (nSPS) is 10.4. The fourth-order valence-corrected chi connectivity index (χ4v) is 1.97. The molecule has 0 fully saturated rings. The van der Waals surface area contributed by atoms with Crippen LogP contribution in [0.1, 0.15) is 5.82 Å².